The second-order valence-corrected chi connectivity index (χ2v) is 9.85. The van der Waals surface area contributed by atoms with Gasteiger partial charge >= 0.3 is 0 Å². The molecule has 6 heteroatoms. The number of carbonyl (C=O) groups is 1. The minimum Gasteiger partial charge on any atom is -0.352 e. The monoisotopic (exact) mass is 482 g/mol. The fourth-order valence-electron chi connectivity index (χ4n) is 4.43. The van der Waals surface area contributed by atoms with E-state index in [-0.39, 0.29) is 5.91 Å². The molecule has 2 aromatic heterocycles. The van der Waals surface area contributed by atoms with Crippen LogP contribution < -0.4 is 5.32 Å². The third-order valence-electron chi connectivity index (χ3n) is 6.35. The molecule has 0 unspecified atom stereocenters. The predicted molar refractivity (Wildman–Crippen MR) is 143 cm³/mol. The van der Waals surface area contributed by atoms with Gasteiger partial charge in [0.05, 0.1) is 6.54 Å². The summed E-state index contributed by atoms with van der Waals surface area (Å²) in [6.07, 6.45) is 10.0. The molecule has 5 rings (SSSR count). The number of pyridine rings is 1. The maximum absolute atomic E-state index is 12.6. The number of allylic oxidation sites excluding steroid dienone is 1. The van der Waals surface area contributed by atoms with E-state index in [9.17, 15) is 4.79 Å². The first kappa shape index (κ1) is 23.4. The van der Waals surface area contributed by atoms with Crippen molar-refractivity contribution < 1.29 is 4.79 Å². The molecular weight excluding hydrogens is 452 g/mol. The lowest BCUT2D eigenvalue weighted by Crippen LogP contribution is -2.24. The standard InChI is InChI=1S/C29H30N4OS/c34-28(31-19-17-22-8-3-1-4-9-22)25-15-13-23(14-16-25)20-33-27-26(12-7-18-30-27)32-29(33)35-21-24-10-5-2-6-11-24/h2,5-8,10-16,18H,1,3-4,9,17,19-21H2,(H,31,34). The highest BCUT2D eigenvalue weighted by Gasteiger charge is 2.14. The molecular formula is C29H30N4OS. The van der Waals surface area contributed by atoms with E-state index >= 15 is 0 Å². The zero-order valence-electron chi connectivity index (χ0n) is 19.8. The maximum Gasteiger partial charge on any atom is 0.251 e. The van der Waals surface area contributed by atoms with Gasteiger partial charge in [0.25, 0.3) is 5.91 Å². The molecule has 1 aliphatic rings. The van der Waals surface area contributed by atoms with Crippen molar-refractivity contribution in [2.24, 2.45) is 0 Å². The number of fused-ring (bicyclic) bond motifs is 1. The zero-order valence-corrected chi connectivity index (χ0v) is 20.6. The van der Waals surface area contributed by atoms with Gasteiger partial charge in [-0.25, -0.2) is 9.97 Å². The average molecular weight is 483 g/mol. The van der Waals surface area contributed by atoms with Crippen LogP contribution >= 0.6 is 11.8 Å². The Morgan fingerprint density at radius 1 is 0.971 bits per heavy atom. The Balaban J connectivity index is 1.25. The normalized spacial score (nSPS) is 13.5. The van der Waals surface area contributed by atoms with Crippen LogP contribution in [0.5, 0.6) is 0 Å². The number of imidazole rings is 1. The first-order valence-electron chi connectivity index (χ1n) is 12.3. The molecule has 0 bridgehead atoms. The Bertz CT molecular complexity index is 1310. The third kappa shape index (κ3) is 6.01. The lowest BCUT2D eigenvalue weighted by molar-refractivity contribution is 0.0954. The van der Waals surface area contributed by atoms with Crippen molar-refractivity contribution in [2.75, 3.05) is 6.54 Å². The second kappa shape index (κ2) is 11.4. The van der Waals surface area contributed by atoms with Crippen LogP contribution in [0.15, 0.2) is 89.7 Å². The summed E-state index contributed by atoms with van der Waals surface area (Å²) in [6.45, 7) is 1.35. The maximum atomic E-state index is 12.6. The van der Waals surface area contributed by atoms with Crippen LogP contribution in [0.3, 0.4) is 0 Å². The first-order chi connectivity index (χ1) is 17.3. The number of amides is 1. The molecule has 0 saturated carbocycles. The van der Waals surface area contributed by atoms with E-state index in [1.165, 1.54) is 36.8 Å². The van der Waals surface area contributed by atoms with Gasteiger partial charge < -0.3 is 5.32 Å². The molecule has 4 aromatic rings. The highest BCUT2D eigenvalue weighted by atomic mass is 32.2. The number of aromatic nitrogens is 3. The van der Waals surface area contributed by atoms with Crippen molar-refractivity contribution in [1.29, 1.82) is 0 Å². The third-order valence-corrected chi connectivity index (χ3v) is 7.40. The summed E-state index contributed by atoms with van der Waals surface area (Å²) in [5, 5.41) is 4.01. The topological polar surface area (TPSA) is 59.8 Å². The van der Waals surface area contributed by atoms with E-state index < -0.39 is 0 Å². The molecule has 35 heavy (non-hydrogen) atoms. The Morgan fingerprint density at radius 3 is 2.63 bits per heavy atom. The lowest BCUT2D eigenvalue weighted by Gasteiger charge is -2.13. The van der Waals surface area contributed by atoms with Crippen LogP contribution in [0.2, 0.25) is 0 Å². The highest BCUT2D eigenvalue weighted by Crippen LogP contribution is 2.27. The summed E-state index contributed by atoms with van der Waals surface area (Å²) in [5.41, 5.74) is 6.32. The summed E-state index contributed by atoms with van der Waals surface area (Å²) in [4.78, 5) is 22.0. The summed E-state index contributed by atoms with van der Waals surface area (Å²) < 4.78 is 2.16. The van der Waals surface area contributed by atoms with E-state index in [0.717, 1.165) is 34.1 Å². The van der Waals surface area contributed by atoms with Crippen LogP contribution in [0, 0.1) is 0 Å². The van der Waals surface area contributed by atoms with Crippen molar-refractivity contribution >= 4 is 28.8 Å². The number of carbonyl (C=O) groups excluding carboxylic acids is 1. The minimum absolute atomic E-state index is 0.0122. The van der Waals surface area contributed by atoms with Crippen molar-refractivity contribution in [3.8, 4) is 0 Å². The number of hydrogen-bond acceptors (Lipinski definition) is 4. The van der Waals surface area contributed by atoms with Gasteiger partial charge in [0, 0.05) is 24.1 Å². The summed E-state index contributed by atoms with van der Waals surface area (Å²) in [7, 11) is 0. The van der Waals surface area contributed by atoms with Crippen molar-refractivity contribution in [3.63, 3.8) is 0 Å². The van der Waals surface area contributed by atoms with Gasteiger partial charge in [-0.15, -0.1) is 0 Å². The number of benzene rings is 2. The molecule has 2 heterocycles. The van der Waals surface area contributed by atoms with Gasteiger partial charge in [-0.2, -0.15) is 0 Å². The Kier molecular flexibility index (Phi) is 7.59. The Labute approximate surface area is 210 Å². The highest BCUT2D eigenvalue weighted by molar-refractivity contribution is 7.98. The van der Waals surface area contributed by atoms with Gasteiger partial charge in [-0.3, -0.25) is 9.36 Å². The van der Waals surface area contributed by atoms with E-state index in [1.807, 2.05) is 48.7 Å². The second-order valence-electron chi connectivity index (χ2n) is 8.91. The van der Waals surface area contributed by atoms with Gasteiger partial charge in [0.2, 0.25) is 0 Å². The van der Waals surface area contributed by atoms with Crippen molar-refractivity contribution in [2.45, 2.75) is 49.6 Å². The fourth-order valence-corrected chi connectivity index (χ4v) is 5.38. The molecule has 0 aliphatic heterocycles. The van der Waals surface area contributed by atoms with Crippen LogP contribution in [0.4, 0.5) is 0 Å². The average Bonchev–Trinajstić information content (AvgIpc) is 3.26. The van der Waals surface area contributed by atoms with Crippen molar-refractivity contribution in [1.82, 2.24) is 19.9 Å². The predicted octanol–water partition coefficient (Wildman–Crippen LogP) is 6.39. The van der Waals surface area contributed by atoms with Crippen LogP contribution in [0.25, 0.3) is 11.2 Å². The van der Waals surface area contributed by atoms with Gasteiger partial charge in [0.15, 0.2) is 10.8 Å². The molecule has 1 N–H and O–H groups in total. The first-order valence-corrected chi connectivity index (χ1v) is 13.3. The van der Waals surface area contributed by atoms with E-state index in [0.29, 0.717) is 18.7 Å². The number of nitrogens with zero attached hydrogens (tertiary/aromatic N) is 3. The molecule has 0 fully saturated rings. The SMILES string of the molecule is O=C(NCCC1=CCCCC1)c1ccc(Cn2c(SCc3ccccc3)nc3cccnc32)cc1. The molecule has 0 saturated heterocycles. The summed E-state index contributed by atoms with van der Waals surface area (Å²) in [5.74, 6) is 0.835. The smallest absolute Gasteiger partial charge is 0.251 e. The number of thioether (sulfide) groups is 1. The molecule has 0 radical (unpaired) electrons. The van der Waals surface area contributed by atoms with E-state index in [4.69, 9.17) is 4.98 Å². The molecule has 0 atom stereocenters. The Hall–Kier alpha value is -3.38. The molecule has 2 aromatic carbocycles. The summed E-state index contributed by atoms with van der Waals surface area (Å²) >= 11 is 1.72. The summed E-state index contributed by atoms with van der Waals surface area (Å²) in [6, 6.07) is 22.2. The number of nitrogens with one attached hydrogen (secondary N) is 1. The fraction of sp³-hybridized carbons (Fsp3) is 0.276. The molecule has 1 aliphatic carbocycles. The van der Waals surface area contributed by atoms with E-state index in [1.54, 1.807) is 11.8 Å². The van der Waals surface area contributed by atoms with Crippen molar-refractivity contribution in [3.05, 3.63) is 101 Å². The number of rotatable bonds is 9. The molecule has 178 valence electrons. The van der Waals surface area contributed by atoms with Crippen LogP contribution in [-0.2, 0) is 12.3 Å². The largest absolute Gasteiger partial charge is 0.352 e. The van der Waals surface area contributed by atoms with E-state index in [2.05, 4.69) is 45.2 Å². The quantitative estimate of drug-likeness (QED) is 0.222. The van der Waals surface area contributed by atoms with Gasteiger partial charge in [-0.1, -0.05) is 65.9 Å². The van der Waals surface area contributed by atoms with Gasteiger partial charge in [0.1, 0.15) is 5.52 Å². The Morgan fingerprint density at radius 2 is 1.83 bits per heavy atom. The van der Waals surface area contributed by atoms with Crippen LogP contribution in [-0.4, -0.2) is 27.0 Å². The van der Waals surface area contributed by atoms with Gasteiger partial charge in [-0.05, 0) is 67.5 Å². The number of hydrogen-bond donors (Lipinski definition) is 1. The molecule has 0 spiro atoms. The minimum atomic E-state index is -0.0122. The lowest BCUT2D eigenvalue weighted by atomic mass is 9.97. The molecule has 1 amide bonds. The zero-order chi connectivity index (χ0) is 23.9. The molecule has 5 nitrogen and oxygen atoms in total. The van der Waals surface area contributed by atoms with Crippen LogP contribution in [0.1, 0.15) is 53.6 Å².